The van der Waals surface area contributed by atoms with E-state index in [-0.39, 0.29) is 23.7 Å². The fourth-order valence-electron chi connectivity index (χ4n) is 8.06. The minimum Gasteiger partial charge on any atom is -0.480 e. The molecule has 2 aliphatic rings. The number of likely N-dealkylation sites (N-methyl/N-ethyl adjacent to an activating group) is 1. The summed E-state index contributed by atoms with van der Waals surface area (Å²) in [6.45, 7) is 14.5. The second kappa shape index (κ2) is 14.6. The number of carbonyl (C=O) groups is 1. The van der Waals surface area contributed by atoms with Gasteiger partial charge in [0.05, 0.1) is 5.69 Å². The van der Waals surface area contributed by atoms with E-state index in [2.05, 4.69) is 71.7 Å². The molecule has 0 bridgehead atoms. The highest BCUT2D eigenvalue weighted by Gasteiger charge is 2.42. The van der Waals surface area contributed by atoms with E-state index in [9.17, 15) is 14.3 Å². The first-order valence-corrected chi connectivity index (χ1v) is 17.1. The van der Waals surface area contributed by atoms with E-state index >= 15 is 0 Å². The molecule has 1 aliphatic heterocycles. The average molecular weight is 617 g/mol. The smallest absolute Gasteiger partial charge is 0.321 e. The van der Waals surface area contributed by atoms with Crippen molar-refractivity contribution in [3.8, 4) is 0 Å². The molecule has 5 rings (SSSR count). The number of carboxylic acid groups (broad SMARTS) is 1. The first-order chi connectivity index (χ1) is 21.5. The van der Waals surface area contributed by atoms with E-state index in [1.165, 1.54) is 22.9 Å². The molecule has 2 heterocycles. The number of likely N-dealkylation sites (tertiary alicyclic amines) is 1. The molecule has 4 atom stereocenters. The van der Waals surface area contributed by atoms with Gasteiger partial charge in [-0.15, -0.1) is 0 Å². The number of aryl methyl sites for hydroxylation is 1. The zero-order chi connectivity index (χ0) is 32.2. The molecule has 1 aromatic heterocycles. The second-order valence-corrected chi connectivity index (χ2v) is 14.3. The van der Waals surface area contributed by atoms with Crippen LogP contribution in [0, 0.1) is 17.7 Å². The van der Waals surface area contributed by atoms with Crippen LogP contribution < -0.4 is 0 Å². The largest absolute Gasteiger partial charge is 0.480 e. The number of rotatable bonds is 12. The highest BCUT2D eigenvalue weighted by atomic mass is 19.1. The molecule has 1 saturated carbocycles. The molecule has 0 spiro atoms. The maximum atomic E-state index is 14.3. The van der Waals surface area contributed by atoms with E-state index in [0.717, 1.165) is 69.5 Å². The fraction of sp³-hybridized carbons (Fsp3) is 0.579. The SMILES string of the molecule is CCn1nc(Cc2ccc(C(C)C)cc2)cc1C1CCN(CC2CC(N(C)[C@@H](C(=O)O)C(C)C)CC2c2cccc(F)c2)CC1. The van der Waals surface area contributed by atoms with Crippen molar-refractivity contribution < 1.29 is 14.3 Å². The van der Waals surface area contributed by atoms with Gasteiger partial charge in [-0.1, -0.05) is 64.1 Å². The monoisotopic (exact) mass is 616 g/mol. The minimum atomic E-state index is -0.765. The van der Waals surface area contributed by atoms with Gasteiger partial charge in [0.1, 0.15) is 11.9 Å². The Morgan fingerprint density at radius 3 is 2.36 bits per heavy atom. The van der Waals surface area contributed by atoms with Gasteiger partial charge in [0.2, 0.25) is 0 Å². The molecule has 2 fully saturated rings. The van der Waals surface area contributed by atoms with Gasteiger partial charge in [0, 0.05) is 37.2 Å². The zero-order valence-corrected chi connectivity index (χ0v) is 28.1. The third-order valence-corrected chi connectivity index (χ3v) is 10.5. The Hall–Kier alpha value is -3.03. The molecule has 3 unspecified atom stereocenters. The number of aliphatic carboxylic acids is 1. The van der Waals surface area contributed by atoms with E-state index in [1.54, 1.807) is 6.07 Å². The molecule has 1 N–H and O–H groups in total. The quantitative estimate of drug-likeness (QED) is 0.228. The molecule has 3 aromatic rings. The summed E-state index contributed by atoms with van der Waals surface area (Å²) < 4.78 is 16.5. The van der Waals surface area contributed by atoms with Crippen molar-refractivity contribution in [2.75, 3.05) is 26.7 Å². The number of halogens is 1. The van der Waals surface area contributed by atoms with Crippen LogP contribution in [0.1, 0.15) is 106 Å². The Labute approximate surface area is 269 Å². The van der Waals surface area contributed by atoms with E-state index in [4.69, 9.17) is 5.10 Å². The van der Waals surface area contributed by atoms with Crippen molar-refractivity contribution in [2.24, 2.45) is 11.8 Å². The summed E-state index contributed by atoms with van der Waals surface area (Å²) in [7, 11) is 1.96. The van der Waals surface area contributed by atoms with Gasteiger partial charge >= 0.3 is 5.97 Å². The molecule has 2 aromatic carbocycles. The number of aromatic nitrogens is 2. The van der Waals surface area contributed by atoms with Crippen molar-refractivity contribution in [2.45, 2.75) is 103 Å². The molecule has 244 valence electrons. The van der Waals surface area contributed by atoms with Crippen LogP contribution in [-0.4, -0.2) is 69.4 Å². The fourth-order valence-corrected chi connectivity index (χ4v) is 8.06. The predicted molar refractivity (Wildman–Crippen MR) is 179 cm³/mol. The lowest BCUT2D eigenvalue weighted by Gasteiger charge is -2.35. The van der Waals surface area contributed by atoms with Crippen molar-refractivity contribution in [1.82, 2.24) is 19.6 Å². The van der Waals surface area contributed by atoms with E-state index < -0.39 is 12.0 Å². The maximum Gasteiger partial charge on any atom is 0.321 e. The van der Waals surface area contributed by atoms with Crippen LogP contribution in [0.15, 0.2) is 54.6 Å². The summed E-state index contributed by atoms with van der Waals surface area (Å²) in [4.78, 5) is 16.8. The molecule has 45 heavy (non-hydrogen) atoms. The average Bonchev–Trinajstić information content (AvgIpc) is 3.61. The molecule has 7 heteroatoms. The lowest BCUT2D eigenvalue weighted by Crippen LogP contribution is -2.47. The highest BCUT2D eigenvalue weighted by molar-refractivity contribution is 5.73. The molecular formula is C38H53FN4O2. The Morgan fingerprint density at radius 1 is 1.04 bits per heavy atom. The summed E-state index contributed by atoms with van der Waals surface area (Å²) in [6, 6.07) is 18.0. The summed E-state index contributed by atoms with van der Waals surface area (Å²) in [5.41, 5.74) is 6.22. The lowest BCUT2D eigenvalue weighted by atomic mass is 9.87. The molecule has 1 saturated heterocycles. The Balaban J connectivity index is 1.25. The van der Waals surface area contributed by atoms with Crippen LogP contribution >= 0.6 is 0 Å². The van der Waals surface area contributed by atoms with Gasteiger partial charge in [-0.05, 0) is 111 Å². The topological polar surface area (TPSA) is 61.6 Å². The lowest BCUT2D eigenvalue weighted by molar-refractivity contribution is -0.145. The number of piperidine rings is 1. The number of hydrogen-bond donors (Lipinski definition) is 1. The third-order valence-electron chi connectivity index (χ3n) is 10.5. The first kappa shape index (κ1) is 33.3. The number of hydrogen-bond acceptors (Lipinski definition) is 4. The van der Waals surface area contributed by atoms with Gasteiger partial charge in [0.15, 0.2) is 0 Å². The van der Waals surface area contributed by atoms with Crippen molar-refractivity contribution in [3.05, 3.63) is 88.5 Å². The van der Waals surface area contributed by atoms with Crippen LogP contribution in [0.25, 0.3) is 0 Å². The van der Waals surface area contributed by atoms with Crippen LogP contribution in [0.2, 0.25) is 0 Å². The molecule has 0 radical (unpaired) electrons. The molecular weight excluding hydrogens is 563 g/mol. The van der Waals surface area contributed by atoms with Gasteiger partial charge in [-0.3, -0.25) is 14.4 Å². The van der Waals surface area contributed by atoms with Crippen molar-refractivity contribution in [3.63, 3.8) is 0 Å². The highest BCUT2D eigenvalue weighted by Crippen LogP contribution is 2.43. The Morgan fingerprint density at radius 2 is 1.76 bits per heavy atom. The van der Waals surface area contributed by atoms with Gasteiger partial charge < -0.3 is 10.0 Å². The summed E-state index contributed by atoms with van der Waals surface area (Å²) in [5.74, 6) is 0.648. The molecule has 0 amide bonds. The van der Waals surface area contributed by atoms with Crippen molar-refractivity contribution >= 4 is 5.97 Å². The zero-order valence-electron chi connectivity index (χ0n) is 28.1. The van der Waals surface area contributed by atoms with Crippen molar-refractivity contribution in [1.29, 1.82) is 0 Å². The number of carboxylic acids is 1. The predicted octanol–water partition coefficient (Wildman–Crippen LogP) is 7.54. The van der Waals surface area contributed by atoms with E-state index in [0.29, 0.717) is 17.8 Å². The summed E-state index contributed by atoms with van der Waals surface area (Å²) >= 11 is 0. The van der Waals surface area contributed by atoms with Crippen LogP contribution in [-0.2, 0) is 17.8 Å². The summed E-state index contributed by atoms with van der Waals surface area (Å²) in [6.07, 6.45) is 4.84. The number of nitrogens with zero attached hydrogens (tertiary/aromatic N) is 4. The maximum absolute atomic E-state index is 14.3. The standard InChI is InChI=1S/C38H53FN4O2/c1-7-43-36(22-33(40-43)19-27-11-13-28(14-12-27)25(2)3)29-15-17-42(18-16-29)24-31-21-34(41(6)37(26(4)5)38(44)45)23-35(31)30-9-8-10-32(39)20-30/h8-14,20,22,25-26,29,31,34-35,37H,7,15-19,21,23-24H2,1-6H3,(H,44,45)/t31?,34?,35?,37-/m1/s1. The van der Waals surface area contributed by atoms with Gasteiger partial charge in [-0.25, -0.2) is 4.39 Å². The van der Waals surface area contributed by atoms with Gasteiger partial charge in [0.25, 0.3) is 0 Å². The molecule has 6 nitrogen and oxygen atoms in total. The van der Waals surface area contributed by atoms with E-state index in [1.807, 2.05) is 27.0 Å². The second-order valence-electron chi connectivity index (χ2n) is 14.3. The van der Waals surface area contributed by atoms with Crippen LogP contribution in [0.5, 0.6) is 0 Å². The Bertz CT molecular complexity index is 1410. The Kier molecular flexibility index (Phi) is 10.8. The first-order valence-electron chi connectivity index (χ1n) is 17.1. The van der Waals surface area contributed by atoms with Crippen LogP contribution in [0.3, 0.4) is 0 Å². The minimum absolute atomic E-state index is 0.0145. The summed E-state index contributed by atoms with van der Waals surface area (Å²) in [5, 5.41) is 15.0. The third kappa shape index (κ3) is 7.86. The van der Waals surface area contributed by atoms with Crippen LogP contribution in [0.4, 0.5) is 4.39 Å². The number of benzene rings is 2. The normalized spacial score (nSPS) is 22.1. The molecule has 1 aliphatic carbocycles. The van der Waals surface area contributed by atoms with Gasteiger partial charge in [-0.2, -0.15) is 5.10 Å².